The maximum Gasteiger partial charge on any atom is 0.231 e. The molecule has 0 bridgehead atoms. The Hall–Kier alpha value is -1.46. The molecule has 2 aromatic rings. The van der Waals surface area contributed by atoms with Gasteiger partial charge in [-0.05, 0) is 35.7 Å². The summed E-state index contributed by atoms with van der Waals surface area (Å²) in [6.45, 7) is 0.486. The molecule has 0 spiro atoms. The molecule has 108 valence electrons. The minimum atomic E-state index is -0.387. The van der Waals surface area contributed by atoms with E-state index in [4.69, 9.17) is 11.6 Å². The van der Waals surface area contributed by atoms with E-state index in [0.717, 1.165) is 5.56 Å². The van der Waals surface area contributed by atoms with Crippen LogP contribution in [0.1, 0.15) is 11.1 Å². The fraction of sp³-hybridized carbons (Fsp3) is 0.200. The third kappa shape index (κ3) is 2.80. The van der Waals surface area contributed by atoms with Crippen molar-refractivity contribution in [1.82, 2.24) is 4.98 Å². The van der Waals surface area contributed by atoms with Gasteiger partial charge in [-0.1, -0.05) is 33.6 Å². The third-order valence-corrected chi connectivity index (χ3v) is 4.26. The van der Waals surface area contributed by atoms with E-state index in [0.29, 0.717) is 33.8 Å². The van der Waals surface area contributed by atoms with Crippen molar-refractivity contribution in [2.24, 2.45) is 0 Å². The number of benzene rings is 1. The van der Waals surface area contributed by atoms with Crippen LogP contribution in [-0.2, 0) is 17.6 Å². The molecular weight excluding hydrogens is 359 g/mol. The van der Waals surface area contributed by atoms with Gasteiger partial charge in [-0.15, -0.1) is 0 Å². The van der Waals surface area contributed by atoms with Crippen molar-refractivity contribution in [3.8, 4) is 0 Å². The monoisotopic (exact) mass is 368 g/mol. The number of nitrogens with zero attached hydrogens (tertiary/aromatic N) is 2. The van der Waals surface area contributed by atoms with Gasteiger partial charge in [0, 0.05) is 17.2 Å². The predicted octanol–water partition coefficient (Wildman–Crippen LogP) is 3.77. The van der Waals surface area contributed by atoms with E-state index in [1.807, 2.05) is 6.07 Å². The summed E-state index contributed by atoms with van der Waals surface area (Å²) in [5.74, 6) is -0.563. The Morgan fingerprint density at radius 2 is 2.29 bits per heavy atom. The molecule has 21 heavy (non-hydrogen) atoms. The average molecular weight is 370 g/mol. The van der Waals surface area contributed by atoms with Crippen LogP contribution in [0.4, 0.5) is 10.1 Å². The molecule has 6 heteroatoms. The van der Waals surface area contributed by atoms with Crippen molar-refractivity contribution >= 4 is 39.1 Å². The molecule has 1 aromatic carbocycles. The zero-order valence-electron chi connectivity index (χ0n) is 10.9. The van der Waals surface area contributed by atoms with Gasteiger partial charge in [0.2, 0.25) is 5.91 Å². The fourth-order valence-electron chi connectivity index (χ4n) is 2.52. The molecule has 0 saturated carbocycles. The van der Waals surface area contributed by atoms with Crippen molar-refractivity contribution in [3.63, 3.8) is 0 Å². The molecule has 2 heterocycles. The number of carbonyl (C=O) groups is 1. The van der Waals surface area contributed by atoms with Gasteiger partial charge in [0.05, 0.1) is 12.1 Å². The van der Waals surface area contributed by atoms with Crippen LogP contribution in [-0.4, -0.2) is 17.4 Å². The van der Waals surface area contributed by atoms with Gasteiger partial charge in [-0.2, -0.15) is 0 Å². The van der Waals surface area contributed by atoms with E-state index in [1.165, 1.54) is 11.0 Å². The van der Waals surface area contributed by atoms with E-state index in [1.54, 1.807) is 18.3 Å². The molecule has 3 rings (SSSR count). The van der Waals surface area contributed by atoms with E-state index in [2.05, 4.69) is 20.9 Å². The van der Waals surface area contributed by atoms with Crippen molar-refractivity contribution in [3.05, 3.63) is 57.0 Å². The number of anilines is 1. The minimum absolute atomic E-state index is 0.113. The predicted molar refractivity (Wildman–Crippen MR) is 83.1 cm³/mol. The highest BCUT2D eigenvalue weighted by Crippen LogP contribution is 2.34. The van der Waals surface area contributed by atoms with Gasteiger partial charge < -0.3 is 4.90 Å². The molecule has 0 atom stereocenters. The van der Waals surface area contributed by atoms with Gasteiger partial charge in [-0.3, -0.25) is 4.79 Å². The second-order valence-corrected chi connectivity index (χ2v) is 6.09. The van der Waals surface area contributed by atoms with E-state index in [-0.39, 0.29) is 18.1 Å². The molecule has 1 amide bonds. The van der Waals surface area contributed by atoms with Crippen LogP contribution < -0.4 is 4.90 Å². The lowest BCUT2D eigenvalue weighted by Gasteiger charge is -2.18. The Morgan fingerprint density at radius 3 is 3.05 bits per heavy atom. The topological polar surface area (TPSA) is 33.2 Å². The van der Waals surface area contributed by atoms with Crippen LogP contribution in [0.15, 0.2) is 34.9 Å². The summed E-state index contributed by atoms with van der Waals surface area (Å²) in [6.07, 6.45) is 2.33. The third-order valence-electron chi connectivity index (χ3n) is 3.46. The van der Waals surface area contributed by atoms with Crippen LogP contribution in [0, 0.1) is 5.82 Å². The first-order chi connectivity index (χ1) is 10.1. The summed E-state index contributed by atoms with van der Waals surface area (Å²) in [7, 11) is 0. The molecule has 0 N–H and O–H groups in total. The van der Waals surface area contributed by atoms with Gasteiger partial charge in [0.25, 0.3) is 0 Å². The molecule has 1 aromatic heterocycles. The summed E-state index contributed by atoms with van der Waals surface area (Å²) in [6, 6.07) is 6.70. The number of hydrogen-bond acceptors (Lipinski definition) is 2. The van der Waals surface area contributed by atoms with Crippen LogP contribution in [0.3, 0.4) is 0 Å². The second-order valence-electron chi connectivity index (χ2n) is 4.82. The average Bonchev–Trinajstić information content (AvgIpc) is 2.85. The number of fused-ring (bicyclic) bond motifs is 1. The van der Waals surface area contributed by atoms with Gasteiger partial charge in [-0.25, -0.2) is 9.37 Å². The Morgan fingerprint density at radius 1 is 1.48 bits per heavy atom. The van der Waals surface area contributed by atoms with Crippen molar-refractivity contribution in [2.75, 3.05) is 11.4 Å². The highest BCUT2D eigenvalue weighted by molar-refractivity contribution is 9.10. The normalized spacial score (nSPS) is 13.4. The summed E-state index contributed by atoms with van der Waals surface area (Å²) in [4.78, 5) is 17.9. The van der Waals surface area contributed by atoms with Crippen LogP contribution in [0.2, 0.25) is 5.15 Å². The molecule has 1 aliphatic rings. The molecule has 1 aliphatic heterocycles. The molecule has 0 aliphatic carbocycles. The number of hydrogen-bond donors (Lipinski definition) is 0. The summed E-state index contributed by atoms with van der Waals surface area (Å²) < 4.78 is 14.8. The van der Waals surface area contributed by atoms with Gasteiger partial charge in [0.15, 0.2) is 0 Å². The van der Waals surface area contributed by atoms with E-state index in [9.17, 15) is 9.18 Å². The molecule has 0 saturated heterocycles. The molecular formula is C15H11BrClFN2O. The smallest absolute Gasteiger partial charge is 0.231 e. The van der Waals surface area contributed by atoms with Crippen molar-refractivity contribution < 1.29 is 9.18 Å². The number of pyridine rings is 1. The van der Waals surface area contributed by atoms with Gasteiger partial charge in [0.1, 0.15) is 11.0 Å². The number of aromatic nitrogens is 1. The maximum absolute atomic E-state index is 14.1. The second kappa shape index (κ2) is 5.73. The fourth-order valence-corrected chi connectivity index (χ4v) is 3.18. The summed E-state index contributed by atoms with van der Waals surface area (Å²) in [5, 5.41) is 0.307. The van der Waals surface area contributed by atoms with E-state index < -0.39 is 0 Å². The molecule has 0 unspecified atom stereocenters. The number of amides is 1. The van der Waals surface area contributed by atoms with E-state index >= 15 is 0 Å². The first-order valence-electron chi connectivity index (χ1n) is 6.44. The molecule has 0 fully saturated rings. The van der Waals surface area contributed by atoms with Crippen LogP contribution in [0.5, 0.6) is 0 Å². The molecule has 0 radical (unpaired) electrons. The van der Waals surface area contributed by atoms with Gasteiger partial charge >= 0.3 is 0 Å². The highest BCUT2D eigenvalue weighted by Gasteiger charge is 2.28. The lowest BCUT2D eigenvalue weighted by atomic mass is 10.1. The maximum atomic E-state index is 14.1. The first-order valence-corrected chi connectivity index (χ1v) is 7.61. The quantitative estimate of drug-likeness (QED) is 0.755. The number of halogens is 3. The lowest BCUT2D eigenvalue weighted by Crippen LogP contribution is -2.31. The summed E-state index contributed by atoms with van der Waals surface area (Å²) >= 11 is 9.23. The minimum Gasteiger partial charge on any atom is -0.309 e. The van der Waals surface area contributed by atoms with Crippen LogP contribution >= 0.6 is 27.5 Å². The molecule has 3 nitrogen and oxygen atoms in total. The van der Waals surface area contributed by atoms with Crippen molar-refractivity contribution in [1.29, 1.82) is 0 Å². The largest absolute Gasteiger partial charge is 0.309 e. The Balaban J connectivity index is 1.88. The number of rotatable bonds is 2. The first kappa shape index (κ1) is 14.5. The van der Waals surface area contributed by atoms with Crippen LogP contribution in [0.25, 0.3) is 0 Å². The number of carbonyl (C=O) groups excluding carboxylic acids is 1. The lowest BCUT2D eigenvalue weighted by molar-refractivity contribution is -0.117. The summed E-state index contributed by atoms with van der Waals surface area (Å²) in [5.41, 5.74) is 1.87. The Kier molecular flexibility index (Phi) is 3.95. The Bertz CT molecular complexity index is 723. The highest BCUT2D eigenvalue weighted by atomic mass is 79.9. The SMILES string of the molecule is O=C(Cc1cccnc1Cl)N1CCc2cc(Br)cc(F)c21. The zero-order chi connectivity index (χ0) is 15.0. The standard InChI is InChI=1S/C15H11BrClFN2O/c16-11-6-9-3-5-20(14(9)12(18)8-11)13(21)7-10-2-1-4-19-15(10)17/h1-2,4,6,8H,3,5,7H2. The van der Waals surface area contributed by atoms with Crippen molar-refractivity contribution in [2.45, 2.75) is 12.8 Å². The zero-order valence-corrected chi connectivity index (χ0v) is 13.3. The Labute approximate surface area is 134 Å².